The van der Waals surface area contributed by atoms with Gasteiger partial charge in [-0.2, -0.15) is 0 Å². The summed E-state index contributed by atoms with van der Waals surface area (Å²) in [5.41, 5.74) is 0. The molecule has 2 aliphatic heterocycles. The van der Waals surface area contributed by atoms with E-state index in [4.69, 9.17) is 0 Å². The number of piperidine rings is 1. The summed E-state index contributed by atoms with van der Waals surface area (Å²) in [4.78, 5) is 4.51. The van der Waals surface area contributed by atoms with Gasteiger partial charge in [0.2, 0.25) is 0 Å². The number of thioether (sulfide) groups is 1. The quantitative estimate of drug-likeness (QED) is 0.267. The monoisotopic (exact) mass is 425 g/mol. The molecule has 4 nitrogen and oxygen atoms in total. The van der Waals surface area contributed by atoms with E-state index in [2.05, 4.69) is 48.7 Å². The number of hydrogen-bond acceptors (Lipinski definition) is 8. The summed E-state index contributed by atoms with van der Waals surface area (Å²) in [5.74, 6) is 0. The average Bonchev–Trinajstić information content (AvgIpc) is 2.56. The molecule has 2 saturated heterocycles. The van der Waals surface area contributed by atoms with Crippen molar-refractivity contribution in [1.82, 2.24) is 14.1 Å². The average molecular weight is 426 g/mol. The van der Waals surface area contributed by atoms with Crippen molar-refractivity contribution in [2.75, 3.05) is 37.8 Å². The van der Waals surface area contributed by atoms with E-state index in [1.165, 1.54) is 6.54 Å². The van der Waals surface area contributed by atoms with Crippen LogP contribution in [0, 0.1) is 0 Å². The second kappa shape index (κ2) is 10.7. The SMILES string of the molecule is CC(C)N1CCC(O)(SCSSSN2CCN(C(C)C)CC2C)CC1. The van der Waals surface area contributed by atoms with Crippen LogP contribution < -0.4 is 0 Å². The van der Waals surface area contributed by atoms with E-state index in [1.807, 2.05) is 31.6 Å². The third-order valence-corrected chi connectivity index (χ3v) is 11.2. The lowest BCUT2D eigenvalue weighted by Gasteiger charge is -2.40. The van der Waals surface area contributed by atoms with Gasteiger partial charge in [0, 0.05) is 61.8 Å². The number of aliphatic hydroxyl groups is 1. The minimum Gasteiger partial charge on any atom is -0.379 e. The molecule has 0 aliphatic carbocycles. The zero-order chi connectivity index (χ0) is 18.4. The van der Waals surface area contributed by atoms with Crippen LogP contribution in [-0.2, 0) is 0 Å². The summed E-state index contributed by atoms with van der Waals surface area (Å²) >= 11 is 1.74. The number of rotatable bonds is 8. The molecule has 0 radical (unpaired) electrons. The maximum atomic E-state index is 10.7. The van der Waals surface area contributed by atoms with Gasteiger partial charge in [0.25, 0.3) is 0 Å². The highest BCUT2D eigenvalue weighted by Gasteiger charge is 2.33. The lowest BCUT2D eigenvalue weighted by atomic mass is 10.1. The number of nitrogens with zero attached hydrogens (tertiary/aromatic N) is 3. The molecule has 2 rings (SSSR count). The maximum absolute atomic E-state index is 10.7. The Balaban J connectivity index is 1.58. The van der Waals surface area contributed by atoms with Gasteiger partial charge in [-0.1, -0.05) is 10.8 Å². The van der Waals surface area contributed by atoms with Gasteiger partial charge in [-0.25, -0.2) is 4.31 Å². The predicted octanol–water partition coefficient (Wildman–Crippen LogP) is 4.23. The van der Waals surface area contributed by atoms with E-state index in [1.54, 1.807) is 11.8 Å². The second-order valence-corrected chi connectivity index (χ2v) is 13.4. The van der Waals surface area contributed by atoms with E-state index < -0.39 is 4.93 Å². The number of likely N-dealkylation sites (tertiary alicyclic amines) is 1. The van der Waals surface area contributed by atoms with Crippen LogP contribution in [0.15, 0.2) is 0 Å². The Morgan fingerprint density at radius 2 is 1.64 bits per heavy atom. The molecule has 0 aromatic heterocycles. The minimum absolute atomic E-state index is 0.514. The van der Waals surface area contributed by atoms with Gasteiger partial charge in [0.15, 0.2) is 0 Å². The lowest BCUT2D eigenvalue weighted by molar-refractivity contribution is 0.0434. The smallest absolute Gasteiger partial charge is 0.113 e. The first kappa shape index (κ1) is 22.5. The Bertz CT molecular complexity index is 392. The first-order chi connectivity index (χ1) is 11.8. The van der Waals surface area contributed by atoms with Crippen molar-refractivity contribution in [3.63, 3.8) is 0 Å². The Hall–Kier alpha value is 1.24. The first-order valence-corrected chi connectivity index (χ1v) is 14.0. The fourth-order valence-electron chi connectivity index (χ4n) is 3.30. The molecule has 0 bridgehead atoms. The maximum Gasteiger partial charge on any atom is 0.113 e. The van der Waals surface area contributed by atoms with Crippen LogP contribution in [-0.4, -0.2) is 80.1 Å². The van der Waals surface area contributed by atoms with Crippen LogP contribution in [0.2, 0.25) is 0 Å². The lowest BCUT2D eigenvalue weighted by Crippen LogP contribution is -2.50. The molecule has 1 unspecified atom stereocenters. The summed E-state index contributed by atoms with van der Waals surface area (Å²) in [7, 11) is 5.63. The summed E-state index contributed by atoms with van der Waals surface area (Å²) in [5, 5.41) is 11.7. The molecule has 2 aliphatic rings. The van der Waals surface area contributed by atoms with E-state index in [9.17, 15) is 5.11 Å². The summed E-state index contributed by atoms with van der Waals surface area (Å²) in [6, 6.07) is 1.84. The van der Waals surface area contributed by atoms with E-state index in [0.717, 1.165) is 44.1 Å². The van der Waals surface area contributed by atoms with Crippen LogP contribution in [0.1, 0.15) is 47.5 Å². The van der Waals surface area contributed by atoms with Gasteiger partial charge >= 0.3 is 0 Å². The summed E-state index contributed by atoms with van der Waals surface area (Å²) in [6.45, 7) is 16.9. The molecule has 2 fully saturated rings. The van der Waals surface area contributed by atoms with Crippen molar-refractivity contribution < 1.29 is 5.11 Å². The third-order valence-electron chi connectivity index (χ3n) is 5.19. The van der Waals surface area contributed by atoms with Crippen molar-refractivity contribution in [3.8, 4) is 0 Å². The van der Waals surface area contributed by atoms with Gasteiger partial charge in [-0.15, -0.1) is 11.8 Å². The largest absolute Gasteiger partial charge is 0.379 e. The zero-order valence-corrected chi connectivity index (χ0v) is 19.6. The van der Waals surface area contributed by atoms with E-state index >= 15 is 0 Å². The number of hydrogen-bond donors (Lipinski definition) is 1. The molecule has 1 atom stereocenters. The minimum atomic E-state index is -0.514. The fourth-order valence-corrected chi connectivity index (χ4v) is 9.45. The fraction of sp³-hybridized carbons (Fsp3) is 1.00. The molecule has 148 valence electrons. The van der Waals surface area contributed by atoms with Crippen molar-refractivity contribution in [3.05, 3.63) is 0 Å². The zero-order valence-electron chi connectivity index (χ0n) is 16.3. The normalized spacial score (nSPS) is 26.6. The van der Waals surface area contributed by atoms with Gasteiger partial charge in [-0.05, 0) is 57.3 Å². The Morgan fingerprint density at radius 3 is 2.20 bits per heavy atom. The summed E-state index contributed by atoms with van der Waals surface area (Å²) < 4.78 is 2.51. The van der Waals surface area contributed by atoms with Crippen molar-refractivity contribution in [1.29, 1.82) is 0 Å². The van der Waals surface area contributed by atoms with Crippen LogP contribution in [0.3, 0.4) is 0 Å². The highest BCUT2D eigenvalue weighted by Crippen LogP contribution is 2.44. The van der Waals surface area contributed by atoms with Crippen LogP contribution in [0.5, 0.6) is 0 Å². The highest BCUT2D eigenvalue weighted by molar-refractivity contribution is 9.09. The molecule has 25 heavy (non-hydrogen) atoms. The summed E-state index contributed by atoms with van der Waals surface area (Å²) in [6.07, 6.45) is 1.78. The van der Waals surface area contributed by atoms with Gasteiger partial charge < -0.3 is 10.0 Å². The molecule has 0 saturated carbocycles. The standard InChI is InChI=1S/C17H35N3OS4/c1-14(2)18-8-6-17(21,7-9-18)22-13-23-25-24-20-11-10-19(15(3)4)12-16(20)5/h14-16,21H,6-13H2,1-5H3. The van der Waals surface area contributed by atoms with Gasteiger partial charge in [0.1, 0.15) is 4.93 Å². The molecule has 0 aromatic rings. The molecule has 0 amide bonds. The van der Waals surface area contributed by atoms with Crippen molar-refractivity contribution in [2.24, 2.45) is 0 Å². The molecule has 2 heterocycles. The molecular formula is C17H35N3OS4. The molecule has 1 N–H and O–H groups in total. The van der Waals surface area contributed by atoms with Crippen molar-refractivity contribution in [2.45, 2.75) is 70.5 Å². The predicted molar refractivity (Wildman–Crippen MR) is 119 cm³/mol. The molecule has 8 heteroatoms. The van der Waals surface area contributed by atoms with Gasteiger partial charge in [-0.3, -0.25) is 4.90 Å². The second-order valence-electron chi connectivity index (χ2n) is 7.68. The van der Waals surface area contributed by atoms with Crippen LogP contribution >= 0.6 is 43.4 Å². The molecular weight excluding hydrogens is 390 g/mol. The first-order valence-electron chi connectivity index (χ1n) is 9.38. The van der Waals surface area contributed by atoms with Crippen LogP contribution in [0.25, 0.3) is 0 Å². The number of piperazine rings is 1. The Labute approximate surface area is 170 Å². The third kappa shape index (κ3) is 7.29. The molecule has 0 aromatic carbocycles. The van der Waals surface area contributed by atoms with Gasteiger partial charge in [0.05, 0.1) is 5.08 Å². The molecule has 0 spiro atoms. The Kier molecular flexibility index (Phi) is 9.64. The topological polar surface area (TPSA) is 30.0 Å². The van der Waals surface area contributed by atoms with E-state index in [-0.39, 0.29) is 0 Å². The van der Waals surface area contributed by atoms with Crippen LogP contribution in [0.4, 0.5) is 0 Å². The van der Waals surface area contributed by atoms with E-state index in [0.29, 0.717) is 18.1 Å². The highest BCUT2D eigenvalue weighted by atomic mass is 33.5. The van der Waals surface area contributed by atoms with Crippen molar-refractivity contribution >= 4 is 43.4 Å². The Morgan fingerprint density at radius 1 is 1.00 bits per heavy atom.